The lowest BCUT2D eigenvalue weighted by molar-refractivity contribution is -0.384. The molecule has 1 heterocycles. The molecule has 1 N–H and O–H groups in total. The van der Waals surface area contributed by atoms with E-state index in [2.05, 4.69) is 17.0 Å². The zero-order valence-corrected chi connectivity index (χ0v) is 10.4. The Kier molecular flexibility index (Phi) is 4.25. The fourth-order valence-corrected chi connectivity index (χ4v) is 1.59. The average Bonchev–Trinajstić information content (AvgIpc) is 2.57. The van der Waals surface area contributed by atoms with Crippen LogP contribution < -0.4 is 5.32 Å². The van der Waals surface area contributed by atoms with Crippen LogP contribution in [0.5, 0.6) is 0 Å². The number of hydrogen-bond acceptors (Lipinski definition) is 4. The molecule has 0 spiro atoms. The maximum absolute atomic E-state index is 11.1. The number of anilines is 1. The first-order chi connectivity index (χ1) is 7.99. The predicted molar refractivity (Wildman–Crippen MR) is 67.3 cm³/mol. The molecule has 1 rings (SSSR count). The van der Waals surface area contributed by atoms with Crippen molar-refractivity contribution in [2.24, 2.45) is 7.05 Å². The highest BCUT2D eigenvalue weighted by molar-refractivity contribution is 5.60. The zero-order chi connectivity index (χ0) is 13.0. The first-order valence-corrected chi connectivity index (χ1v) is 5.55. The number of rotatable bonds is 6. The second kappa shape index (κ2) is 5.47. The summed E-state index contributed by atoms with van der Waals surface area (Å²) in [6.45, 7) is 8.00. The van der Waals surface area contributed by atoms with Crippen LogP contribution in [0.1, 0.15) is 31.9 Å². The maximum atomic E-state index is 11.1. The van der Waals surface area contributed by atoms with Crippen LogP contribution in [-0.4, -0.2) is 21.2 Å². The van der Waals surface area contributed by atoms with Gasteiger partial charge in [-0.25, -0.2) is 4.68 Å². The molecular formula is C11H18N4O2. The van der Waals surface area contributed by atoms with Gasteiger partial charge in [0.05, 0.1) is 4.92 Å². The molecule has 0 aromatic carbocycles. The quantitative estimate of drug-likeness (QED) is 0.357. The summed E-state index contributed by atoms with van der Waals surface area (Å²) in [6.07, 6.45) is 2.51. The summed E-state index contributed by atoms with van der Waals surface area (Å²) >= 11 is 0. The normalized spacial score (nSPS) is 10.6. The minimum atomic E-state index is -0.376. The van der Waals surface area contributed by atoms with Gasteiger partial charge in [-0.3, -0.25) is 10.1 Å². The highest BCUT2D eigenvalue weighted by Crippen LogP contribution is 2.32. The van der Waals surface area contributed by atoms with E-state index in [1.807, 2.05) is 13.8 Å². The third-order valence-electron chi connectivity index (χ3n) is 2.42. The lowest BCUT2D eigenvalue weighted by Crippen LogP contribution is -2.07. The van der Waals surface area contributed by atoms with E-state index in [0.29, 0.717) is 18.1 Å². The van der Waals surface area contributed by atoms with E-state index in [1.165, 1.54) is 4.68 Å². The van der Waals surface area contributed by atoms with Gasteiger partial charge < -0.3 is 5.32 Å². The molecule has 0 unspecified atom stereocenters. The molecular weight excluding hydrogens is 220 g/mol. The fourth-order valence-electron chi connectivity index (χ4n) is 1.59. The average molecular weight is 238 g/mol. The molecule has 0 aliphatic heterocycles. The van der Waals surface area contributed by atoms with E-state index in [9.17, 15) is 10.1 Å². The van der Waals surface area contributed by atoms with E-state index in [1.54, 1.807) is 13.1 Å². The topological polar surface area (TPSA) is 73.0 Å². The number of aryl methyl sites for hydroxylation is 1. The summed E-state index contributed by atoms with van der Waals surface area (Å²) in [4.78, 5) is 10.7. The number of nitrogens with zero attached hydrogens (tertiary/aromatic N) is 3. The van der Waals surface area contributed by atoms with Crippen LogP contribution in [0.2, 0.25) is 0 Å². The molecule has 6 nitrogen and oxygen atoms in total. The van der Waals surface area contributed by atoms with Crippen molar-refractivity contribution in [2.75, 3.05) is 11.9 Å². The molecule has 1 aromatic heterocycles. The predicted octanol–water partition coefficient (Wildman–Crippen LogP) is 2.44. The zero-order valence-electron chi connectivity index (χ0n) is 10.4. The van der Waals surface area contributed by atoms with E-state index < -0.39 is 0 Å². The van der Waals surface area contributed by atoms with Gasteiger partial charge in [-0.1, -0.05) is 19.9 Å². The number of nitro groups is 1. The van der Waals surface area contributed by atoms with Gasteiger partial charge in [0.2, 0.25) is 5.82 Å². The molecule has 1 aromatic rings. The van der Waals surface area contributed by atoms with Crippen LogP contribution in [0.15, 0.2) is 12.7 Å². The van der Waals surface area contributed by atoms with Crippen LogP contribution in [-0.2, 0) is 7.05 Å². The summed E-state index contributed by atoms with van der Waals surface area (Å²) in [5.74, 6) is 0.483. The maximum Gasteiger partial charge on any atom is 0.334 e. The molecule has 0 bridgehead atoms. The largest absolute Gasteiger partial charge is 0.364 e. The molecule has 0 aliphatic rings. The first kappa shape index (κ1) is 13.2. The first-order valence-electron chi connectivity index (χ1n) is 5.55. The SMILES string of the molecule is C=CCCNc1c([N+](=O)[O-])c(C(C)C)nn1C. The van der Waals surface area contributed by atoms with Crippen molar-refractivity contribution in [1.82, 2.24) is 9.78 Å². The van der Waals surface area contributed by atoms with Gasteiger partial charge in [0.15, 0.2) is 0 Å². The van der Waals surface area contributed by atoms with E-state index >= 15 is 0 Å². The van der Waals surface area contributed by atoms with Gasteiger partial charge >= 0.3 is 5.69 Å². The lowest BCUT2D eigenvalue weighted by atomic mass is 10.1. The van der Waals surface area contributed by atoms with Gasteiger partial charge in [-0.15, -0.1) is 6.58 Å². The van der Waals surface area contributed by atoms with Crippen molar-refractivity contribution in [1.29, 1.82) is 0 Å². The van der Waals surface area contributed by atoms with Crippen LogP contribution in [0.25, 0.3) is 0 Å². The minimum Gasteiger partial charge on any atom is -0.364 e. The highest BCUT2D eigenvalue weighted by Gasteiger charge is 2.27. The van der Waals surface area contributed by atoms with Crippen LogP contribution in [0.3, 0.4) is 0 Å². The summed E-state index contributed by atoms with van der Waals surface area (Å²) in [6, 6.07) is 0. The molecule has 0 saturated carbocycles. The smallest absolute Gasteiger partial charge is 0.334 e. The summed E-state index contributed by atoms with van der Waals surface area (Å²) in [7, 11) is 1.70. The van der Waals surface area contributed by atoms with Crippen LogP contribution in [0.4, 0.5) is 11.5 Å². The molecule has 0 saturated heterocycles. The standard InChI is InChI=1S/C11H18N4O2/c1-5-6-7-12-11-10(15(16)17)9(8(2)3)13-14(11)4/h5,8,12H,1,6-7H2,2-4H3. The number of hydrogen-bond donors (Lipinski definition) is 1. The summed E-state index contributed by atoms with van der Waals surface area (Å²) < 4.78 is 1.52. The van der Waals surface area contributed by atoms with Gasteiger partial charge in [-0.05, 0) is 6.42 Å². The monoisotopic (exact) mass is 238 g/mol. The van der Waals surface area contributed by atoms with E-state index in [0.717, 1.165) is 6.42 Å². The highest BCUT2D eigenvalue weighted by atomic mass is 16.6. The fraction of sp³-hybridized carbons (Fsp3) is 0.545. The molecule has 0 fully saturated rings. The Morgan fingerprint density at radius 3 is 2.76 bits per heavy atom. The Morgan fingerprint density at radius 1 is 1.65 bits per heavy atom. The molecule has 0 radical (unpaired) electrons. The van der Waals surface area contributed by atoms with Crippen molar-refractivity contribution in [3.63, 3.8) is 0 Å². The Bertz CT molecular complexity index is 423. The minimum absolute atomic E-state index is 0.0246. The lowest BCUT2D eigenvalue weighted by Gasteiger charge is -2.04. The number of nitrogens with one attached hydrogen (secondary N) is 1. The summed E-state index contributed by atoms with van der Waals surface area (Å²) in [5, 5.41) is 18.3. The Balaban J connectivity index is 3.09. The second-order valence-corrected chi connectivity index (χ2v) is 4.12. The van der Waals surface area contributed by atoms with Crippen molar-refractivity contribution in [3.8, 4) is 0 Å². The molecule has 0 amide bonds. The van der Waals surface area contributed by atoms with Gasteiger partial charge in [0, 0.05) is 19.5 Å². The summed E-state index contributed by atoms with van der Waals surface area (Å²) in [5.41, 5.74) is 0.588. The molecule has 0 atom stereocenters. The number of aromatic nitrogens is 2. The van der Waals surface area contributed by atoms with Crippen molar-refractivity contribution < 1.29 is 4.92 Å². The van der Waals surface area contributed by atoms with Crippen molar-refractivity contribution in [2.45, 2.75) is 26.2 Å². The van der Waals surface area contributed by atoms with E-state index in [-0.39, 0.29) is 16.5 Å². The second-order valence-electron chi connectivity index (χ2n) is 4.12. The van der Waals surface area contributed by atoms with E-state index in [4.69, 9.17) is 0 Å². The van der Waals surface area contributed by atoms with Gasteiger partial charge in [0.1, 0.15) is 5.69 Å². The Labute approximate surface area is 100 Å². The van der Waals surface area contributed by atoms with Crippen molar-refractivity contribution >= 4 is 11.5 Å². The Hall–Kier alpha value is -1.85. The van der Waals surface area contributed by atoms with Crippen molar-refractivity contribution in [3.05, 3.63) is 28.5 Å². The molecule has 0 aliphatic carbocycles. The molecule has 6 heteroatoms. The third-order valence-corrected chi connectivity index (χ3v) is 2.42. The molecule has 94 valence electrons. The van der Waals surface area contributed by atoms with Crippen LogP contribution >= 0.6 is 0 Å². The third kappa shape index (κ3) is 2.83. The van der Waals surface area contributed by atoms with Crippen LogP contribution in [0, 0.1) is 10.1 Å². The Morgan fingerprint density at radius 2 is 2.29 bits per heavy atom. The van der Waals surface area contributed by atoms with Gasteiger partial charge in [0.25, 0.3) is 0 Å². The van der Waals surface area contributed by atoms with Gasteiger partial charge in [-0.2, -0.15) is 5.10 Å². The molecule has 17 heavy (non-hydrogen) atoms.